The largest absolute Gasteiger partial charge is 0.370 e. The van der Waals surface area contributed by atoms with Gasteiger partial charge in [0.1, 0.15) is 6.17 Å². The molecule has 0 fully saturated rings. The molecule has 0 aromatic heterocycles. The normalized spacial score (nSPS) is 11.7. The Hall–Kier alpha value is -1.88. The zero-order chi connectivity index (χ0) is 11.1. The Balaban J connectivity index is 2.71. The molecule has 15 heavy (non-hydrogen) atoms. The van der Waals surface area contributed by atoms with Crippen molar-refractivity contribution in [3.63, 3.8) is 0 Å². The van der Waals surface area contributed by atoms with E-state index in [4.69, 9.17) is 11.1 Å². The van der Waals surface area contributed by atoms with Gasteiger partial charge in [0.15, 0.2) is 5.96 Å². The number of nitrogens with one attached hydrogen (secondary N) is 3. The molecule has 0 aliphatic heterocycles. The van der Waals surface area contributed by atoms with Gasteiger partial charge in [-0.1, -0.05) is 30.3 Å². The molecule has 0 bridgehead atoms. The number of nitrogens with two attached hydrogens (primary N) is 1. The molecule has 5 nitrogen and oxygen atoms in total. The van der Waals surface area contributed by atoms with Crippen molar-refractivity contribution >= 4 is 12.2 Å². The number of rotatable bonds is 5. The van der Waals surface area contributed by atoms with Gasteiger partial charge in [-0.25, -0.2) is 0 Å². The fourth-order valence-corrected chi connectivity index (χ4v) is 1.20. The number of hydrogen-bond donors (Lipinski definition) is 4. The van der Waals surface area contributed by atoms with Crippen LogP contribution in [0.25, 0.3) is 0 Å². The third-order valence-electron chi connectivity index (χ3n) is 1.81. The zero-order valence-corrected chi connectivity index (χ0v) is 8.16. The van der Waals surface area contributed by atoms with E-state index < -0.39 is 0 Å². The summed E-state index contributed by atoms with van der Waals surface area (Å²) in [5.74, 6) is -0.151. The Bertz CT molecular complexity index is 325. The monoisotopic (exact) mass is 205 g/mol. The maximum atomic E-state index is 10.1. The molecule has 1 rings (SSSR count). The average molecular weight is 205 g/mol. The van der Waals surface area contributed by atoms with Gasteiger partial charge in [0.2, 0.25) is 6.29 Å². The van der Waals surface area contributed by atoms with Crippen LogP contribution in [0.2, 0.25) is 0 Å². The summed E-state index contributed by atoms with van der Waals surface area (Å²) in [6.07, 6.45) is 1.39. The predicted octanol–water partition coefficient (Wildman–Crippen LogP) is -0.132. The lowest BCUT2D eigenvalue weighted by Gasteiger charge is -2.19. The van der Waals surface area contributed by atoms with E-state index in [0.29, 0.717) is 0 Å². The van der Waals surface area contributed by atoms with E-state index >= 15 is 0 Å². The van der Waals surface area contributed by atoms with E-state index in [9.17, 15) is 4.79 Å². The highest BCUT2D eigenvalue weighted by atomic mass is 16.1. The molecule has 1 radical (unpaired) electrons. The number of carbonyl (C=O) groups excluding carboxylic acids is 1. The molecule has 5 N–H and O–H groups in total. The van der Waals surface area contributed by atoms with Crippen molar-refractivity contribution in [3.05, 3.63) is 35.9 Å². The van der Waals surface area contributed by atoms with Crippen molar-refractivity contribution in [2.75, 3.05) is 6.54 Å². The van der Waals surface area contributed by atoms with E-state index in [0.717, 1.165) is 5.56 Å². The molecule has 0 heterocycles. The molecule has 79 valence electrons. The summed E-state index contributed by atoms with van der Waals surface area (Å²) in [5, 5.41) is 12.7. The fourth-order valence-electron chi connectivity index (χ4n) is 1.20. The lowest BCUT2D eigenvalue weighted by molar-refractivity contribution is 0.509. The molecule has 0 saturated heterocycles. The van der Waals surface area contributed by atoms with Gasteiger partial charge in [-0.15, -0.1) is 0 Å². The van der Waals surface area contributed by atoms with Crippen molar-refractivity contribution in [3.8, 4) is 0 Å². The maximum absolute atomic E-state index is 10.1. The SMILES string of the molecule is N=C(N)NC(NC[C]=O)c1ccccc1. The molecule has 0 aliphatic carbocycles. The highest BCUT2D eigenvalue weighted by Gasteiger charge is 2.09. The standard InChI is InChI=1S/C10H13N4O/c11-10(12)14-9(13-6-7-15)8-4-2-1-3-5-8/h1-5,9,13H,6H2,(H4,11,12,14). The molecular weight excluding hydrogens is 192 g/mol. The van der Waals surface area contributed by atoms with E-state index in [1.165, 1.54) is 0 Å². The second-order valence-corrected chi connectivity index (χ2v) is 2.93. The van der Waals surface area contributed by atoms with Gasteiger partial charge < -0.3 is 11.1 Å². The Morgan fingerprint density at radius 3 is 2.67 bits per heavy atom. The minimum Gasteiger partial charge on any atom is -0.370 e. The first-order chi connectivity index (χ1) is 7.24. The molecule has 0 saturated carbocycles. The van der Waals surface area contributed by atoms with Crippen molar-refractivity contribution < 1.29 is 4.79 Å². The van der Waals surface area contributed by atoms with Gasteiger partial charge in [-0.05, 0) is 5.56 Å². The molecular formula is C10H13N4O. The molecule has 0 spiro atoms. The second kappa shape index (κ2) is 5.77. The first-order valence-corrected chi connectivity index (χ1v) is 4.48. The summed E-state index contributed by atoms with van der Waals surface area (Å²) < 4.78 is 0. The number of hydrogen-bond acceptors (Lipinski definition) is 3. The van der Waals surface area contributed by atoms with Gasteiger partial charge in [-0.3, -0.25) is 15.5 Å². The van der Waals surface area contributed by atoms with Gasteiger partial charge >= 0.3 is 0 Å². The Morgan fingerprint density at radius 2 is 2.13 bits per heavy atom. The summed E-state index contributed by atoms with van der Waals surface area (Å²) in [4.78, 5) is 10.1. The van der Waals surface area contributed by atoms with Crippen molar-refractivity contribution in [1.29, 1.82) is 5.41 Å². The molecule has 1 unspecified atom stereocenters. The van der Waals surface area contributed by atoms with Gasteiger partial charge in [0.05, 0.1) is 6.54 Å². The zero-order valence-electron chi connectivity index (χ0n) is 8.16. The van der Waals surface area contributed by atoms with Crippen LogP contribution in [0, 0.1) is 5.41 Å². The van der Waals surface area contributed by atoms with E-state index in [2.05, 4.69) is 10.6 Å². The Kier molecular flexibility index (Phi) is 4.30. The Morgan fingerprint density at radius 1 is 1.47 bits per heavy atom. The summed E-state index contributed by atoms with van der Waals surface area (Å²) in [7, 11) is 0. The highest BCUT2D eigenvalue weighted by Crippen LogP contribution is 2.08. The molecule has 0 amide bonds. The van der Waals surface area contributed by atoms with Crippen LogP contribution in [0.1, 0.15) is 11.7 Å². The smallest absolute Gasteiger partial charge is 0.213 e. The average Bonchev–Trinajstić information content (AvgIpc) is 2.25. The van der Waals surface area contributed by atoms with Gasteiger partial charge in [0, 0.05) is 0 Å². The maximum Gasteiger partial charge on any atom is 0.213 e. The van der Waals surface area contributed by atoms with E-state index in [1.54, 1.807) is 6.29 Å². The van der Waals surface area contributed by atoms with Crippen LogP contribution in [0.4, 0.5) is 0 Å². The van der Waals surface area contributed by atoms with Crippen LogP contribution in [-0.2, 0) is 4.79 Å². The summed E-state index contributed by atoms with van der Waals surface area (Å²) in [6, 6.07) is 9.38. The second-order valence-electron chi connectivity index (χ2n) is 2.93. The summed E-state index contributed by atoms with van der Waals surface area (Å²) in [6.45, 7) is 0.0832. The highest BCUT2D eigenvalue weighted by molar-refractivity contribution is 5.74. The van der Waals surface area contributed by atoms with Gasteiger partial charge in [0.25, 0.3) is 0 Å². The first kappa shape index (κ1) is 11.2. The number of benzene rings is 1. The minimum absolute atomic E-state index is 0.0832. The fraction of sp³-hybridized carbons (Fsp3) is 0.200. The van der Waals surface area contributed by atoms with Crippen LogP contribution < -0.4 is 16.4 Å². The van der Waals surface area contributed by atoms with Crippen molar-refractivity contribution in [2.45, 2.75) is 6.17 Å². The molecule has 1 aromatic carbocycles. The number of guanidine groups is 1. The lowest BCUT2D eigenvalue weighted by Crippen LogP contribution is -2.41. The molecule has 1 atom stereocenters. The summed E-state index contributed by atoms with van der Waals surface area (Å²) >= 11 is 0. The predicted molar refractivity (Wildman–Crippen MR) is 57.9 cm³/mol. The van der Waals surface area contributed by atoms with E-state index in [-0.39, 0.29) is 18.7 Å². The summed E-state index contributed by atoms with van der Waals surface area (Å²) in [5.41, 5.74) is 6.14. The lowest BCUT2D eigenvalue weighted by atomic mass is 10.2. The topological polar surface area (TPSA) is 91.0 Å². The first-order valence-electron chi connectivity index (χ1n) is 4.48. The molecule has 0 aliphatic rings. The van der Waals surface area contributed by atoms with Crippen LogP contribution in [0.15, 0.2) is 30.3 Å². The van der Waals surface area contributed by atoms with Crippen LogP contribution in [0.3, 0.4) is 0 Å². The molecule has 1 aromatic rings. The van der Waals surface area contributed by atoms with Crippen LogP contribution >= 0.6 is 0 Å². The third-order valence-corrected chi connectivity index (χ3v) is 1.81. The van der Waals surface area contributed by atoms with E-state index in [1.807, 2.05) is 30.3 Å². The van der Waals surface area contributed by atoms with Crippen LogP contribution in [0.5, 0.6) is 0 Å². The van der Waals surface area contributed by atoms with Gasteiger partial charge in [-0.2, -0.15) is 0 Å². The minimum atomic E-state index is -0.342. The molecule has 5 heteroatoms. The van der Waals surface area contributed by atoms with Crippen molar-refractivity contribution in [1.82, 2.24) is 10.6 Å². The van der Waals surface area contributed by atoms with Crippen molar-refractivity contribution in [2.24, 2.45) is 5.73 Å². The van der Waals surface area contributed by atoms with Crippen LogP contribution in [-0.4, -0.2) is 18.8 Å². The third kappa shape index (κ3) is 3.78. The Labute approximate surface area is 88.2 Å². The quantitative estimate of drug-likeness (QED) is 0.306.